The molecule has 1 aromatic heterocycles. The number of fused-ring (bicyclic) bond motifs is 5. The SMILES string of the molecule is C=CCN1C(=O)c2oc3ccc(F)cc3c(=O)c2C12C(=O)N(Cc1ccc(Cl)cc1)c1ccccc12. The lowest BCUT2D eigenvalue weighted by molar-refractivity contribution is -0.126. The van der Waals surface area contributed by atoms with Crippen molar-refractivity contribution in [1.82, 2.24) is 4.90 Å². The van der Waals surface area contributed by atoms with Crippen molar-refractivity contribution in [3.63, 3.8) is 0 Å². The second-order valence-electron chi connectivity index (χ2n) is 8.73. The van der Waals surface area contributed by atoms with E-state index in [1.165, 1.54) is 17.0 Å². The van der Waals surface area contributed by atoms with Crippen LogP contribution < -0.4 is 10.3 Å². The van der Waals surface area contributed by atoms with Gasteiger partial charge < -0.3 is 14.2 Å². The van der Waals surface area contributed by atoms with Crippen LogP contribution in [-0.4, -0.2) is 23.3 Å². The maximum absolute atomic E-state index is 14.4. The summed E-state index contributed by atoms with van der Waals surface area (Å²) in [4.78, 5) is 44.8. The van der Waals surface area contributed by atoms with Gasteiger partial charge in [-0.05, 0) is 42.0 Å². The Labute approximate surface area is 209 Å². The van der Waals surface area contributed by atoms with Gasteiger partial charge in [0.2, 0.25) is 5.76 Å². The first-order valence-corrected chi connectivity index (χ1v) is 11.6. The minimum Gasteiger partial charge on any atom is -0.450 e. The summed E-state index contributed by atoms with van der Waals surface area (Å²) in [6.45, 7) is 3.93. The first-order valence-electron chi connectivity index (χ1n) is 11.2. The van der Waals surface area contributed by atoms with Gasteiger partial charge in [0.25, 0.3) is 11.8 Å². The van der Waals surface area contributed by atoms with Crippen LogP contribution in [-0.2, 0) is 16.9 Å². The van der Waals surface area contributed by atoms with Gasteiger partial charge in [-0.3, -0.25) is 14.4 Å². The molecule has 0 radical (unpaired) electrons. The van der Waals surface area contributed by atoms with Gasteiger partial charge in [0.1, 0.15) is 11.4 Å². The minimum atomic E-state index is -1.77. The maximum Gasteiger partial charge on any atom is 0.291 e. The molecule has 0 N–H and O–H groups in total. The molecule has 36 heavy (non-hydrogen) atoms. The molecule has 3 heterocycles. The van der Waals surface area contributed by atoms with Crippen molar-refractivity contribution in [1.29, 1.82) is 0 Å². The molecule has 178 valence electrons. The number of benzene rings is 3. The minimum absolute atomic E-state index is 0.0119. The van der Waals surface area contributed by atoms with Crippen molar-refractivity contribution >= 4 is 40.1 Å². The number of carbonyl (C=O) groups is 2. The highest BCUT2D eigenvalue weighted by atomic mass is 35.5. The Bertz CT molecular complexity index is 1660. The summed E-state index contributed by atoms with van der Waals surface area (Å²) in [5.74, 6) is -1.93. The molecule has 0 saturated carbocycles. The van der Waals surface area contributed by atoms with Gasteiger partial charge in [-0.15, -0.1) is 6.58 Å². The number of anilines is 1. The molecule has 0 aliphatic carbocycles. The van der Waals surface area contributed by atoms with Gasteiger partial charge in [0.15, 0.2) is 11.0 Å². The number of para-hydroxylation sites is 1. The van der Waals surface area contributed by atoms with E-state index in [1.807, 2.05) is 12.1 Å². The van der Waals surface area contributed by atoms with Gasteiger partial charge in [-0.1, -0.05) is 48.0 Å². The van der Waals surface area contributed by atoms with E-state index in [1.54, 1.807) is 41.3 Å². The molecule has 4 aromatic rings. The average molecular weight is 501 g/mol. The third-order valence-electron chi connectivity index (χ3n) is 6.76. The van der Waals surface area contributed by atoms with Gasteiger partial charge in [-0.25, -0.2) is 4.39 Å². The van der Waals surface area contributed by atoms with Gasteiger partial charge in [0.05, 0.1) is 23.2 Å². The van der Waals surface area contributed by atoms with Crippen molar-refractivity contribution in [3.05, 3.63) is 123 Å². The van der Waals surface area contributed by atoms with E-state index in [0.717, 1.165) is 17.7 Å². The standard InChI is InChI=1S/C28H18ClFN2O4/c1-2-13-32-26(34)25-23(24(33)19-14-18(30)11-12-22(19)36-25)28(32)20-5-3-4-6-21(20)31(27(28)35)15-16-7-9-17(29)10-8-16/h2-12,14H,1,13,15H2. The van der Waals surface area contributed by atoms with Crippen LogP contribution in [0.4, 0.5) is 10.1 Å². The van der Waals surface area contributed by atoms with Crippen molar-refractivity contribution in [3.8, 4) is 0 Å². The van der Waals surface area contributed by atoms with Crippen molar-refractivity contribution in [2.24, 2.45) is 0 Å². The summed E-state index contributed by atoms with van der Waals surface area (Å²) in [6, 6.07) is 17.6. The van der Waals surface area contributed by atoms with Gasteiger partial charge in [-0.2, -0.15) is 0 Å². The van der Waals surface area contributed by atoms with Crippen molar-refractivity contribution < 1.29 is 18.4 Å². The molecule has 0 saturated heterocycles. The Kier molecular flexibility index (Phi) is 4.88. The predicted molar refractivity (Wildman–Crippen MR) is 134 cm³/mol. The molecular weight excluding hydrogens is 483 g/mol. The molecule has 2 aliphatic heterocycles. The first-order chi connectivity index (χ1) is 17.4. The molecule has 3 aromatic carbocycles. The van der Waals surface area contributed by atoms with E-state index < -0.39 is 28.6 Å². The van der Waals surface area contributed by atoms with Crippen molar-refractivity contribution in [2.45, 2.75) is 12.1 Å². The third-order valence-corrected chi connectivity index (χ3v) is 7.02. The molecule has 6 rings (SSSR count). The van der Waals surface area contributed by atoms with E-state index >= 15 is 0 Å². The van der Waals surface area contributed by atoms with E-state index in [4.69, 9.17) is 16.0 Å². The quantitative estimate of drug-likeness (QED) is 0.369. The molecule has 2 amide bonds. The van der Waals surface area contributed by atoms with Crippen LogP contribution in [0.25, 0.3) is 11.0 Å². The van der Waals surface area contributed by atoms with Crippen LogP contribution in [0.1, 0.15) is 27.2 Å². The molecular formula is C28H18ClFN2O4. The van der Waals surface area contributed by atoms with Crippen LogP contribution in [0.15, 0.2) is 88.6 Å². The summed E-state index contributed by atoms with van der Waals surface area (Å²) in [7, 11) is 0. The topological polar surface area (TPSA) is 70.8 Å². The fraction of sp³-hybridized carbons (Fsp3) is 0.107. The fourth-order valence-corrected chi connectivity index (χ4v) is 5.40. The van der Waals surface area contributed by atoms with E-state index in [0.29, 0.717) is 16.3 Å². The van der Waals surface area contributed by atoms with Gasteiger partial charge in [0, 0.05) is 17.1 Å². The van der Waals surface area contributed by atoms with Gasteiger partial charge >= 0.3 is 0 Å². The highest BCUT2D eigenvalue weighted by Gasteiger charge is 2.64. The normalized spacial score (nSPS) is 18.3. The summed E-state index contributed by atoms with van der Waals surface area (Å²) >= 11 is 6.03. The summed E-state index contributed by atoms with van der Waals surface area (Å²) in [5, 5.41) is 0.523. The molecule has 6 nitrogen and oxygen atoms in total. The Hall–Kier alpha value is -4.23. The number of halogens is 2. The third kappa shape index (κ3) is 2.86. The highest BCUT2D eigenvalue weighted by molar-refractivity contribution is 6.30. The molecule has 0 bridgehead atoms. The molecule has 0 fully saturated rings. The van der Waals surface area contributed by atoms with E-state index in [9.17, 15) is 18.8 Å². The number of carbonyl (C=O) groups excluding carboxylic acids is 2. The Morgan fingerprint density at radius 1 is 1.03 bits per heavy atom. The Morgan fingerprint density at radius 2 is 1.78 bits per heavy atom. The van der Waals surface area contributed by atoms with Crippen LogP contribution in [0.5, 0.6) is 0 Å². The number of amides is 2. The monoisotopic (exact) mass is 500 g/mol. The highest BCUT2D eigenvalue weighted by Crippen LogP contribution is 2.52. The molecule has 2 aliphatic rings. The molecule has 1 unspecified atom stereocenters. The number of hydrogen-bond acceptors (Lipinski definition) is 4. The molecule has 1 atom stereocenters. The fourth-order valence-electron chi connectivity index (χ4n) is 5.27. The summed E-state index contributed by atoms with van der Waals surface area (Å²) < 4.78 is 20.0. The lowest BCUT2D eigenvalue weighted by Crippen LogP contribution is -2.53. The molecule has 1 spiro atoms. The Balaban J connectivity index is 1.66. The van der Waals surface area contributed by atoms with Crippen LogP contribution in [0.3, 0.4) is 0 Å². The summed E-state index contributed by atoms with van der Waals surface area (Å²) in [5.41, 5.74) is -0.588. The van der Waals surface area contributed by atoms with Crippen LogP contribution in [0.2, 0.25) is 5.02 Å². The largest absolute Gasteiger partial charge is 0.450 e. The van der Waals surface area contributed by atoms with E-state index in [-0.39, 0.29) is 35.4 Å². The zero-order valence-corrected chi connectivity index (χ0v) is 19.6. The van der Waals surface area contributed by atoms with E-state index in [2.05, 4.69) is 6.58 Å². The predicted octanol–water partition coefficient (Wildman–Crippen LogP) is 5.02. The second-order valence-corrected chi connectivity index (χ2v) is 9.16. The lowest BCUT2D eigenvalue weighted by Gasteiger charge is -2.33. The smallest absolute Gasteiger partial charge is 0.291 e. The second kappa shape index (κ2) is 7.90. The average Bonchev–Trinajstić information content (AvgIpc) is 3.26. The van der Waals surface area contributed by atoms with Crippen LogP contribution >= 0.6 is 11.6 Å². The molecule has 8 heteroatoms. The maximum atomic E-state index is 14.4. The lowest BCUT2D eigenvalue weighted by atomic mass is 9.84. The zero-order chi connectivity index (χ0) is 25.2. The number of rotatable bonds is 4. The number of hydrogen-bond donors (Lipinski definition) is 0. The Morgan fingerprint density at radius 3 is 2.53 bits per heavy atom. The first kappa shape index (κ1) is 22.2. The van der Waals surface area contributed by atoms with Crippen molar-refractivity contribution in [2.75, 3.05) is 11.4 Å². The number of nitrogens with zero attached hydrogens (tertiary/aromatic N) is 2. The summed E-state index contributed by atoms with van der Waals surface area (Å²) in [6.07, 6.45) is 1.49. The zero-order valence-electron chi connectivity index (χ0n) is 18.8. The van der Waals surface area contributed by atoms with Crippen LogP contribution in [0, 0.1) is 5.82 Å².